The van der Waals surface area contributed by atoms with Gasteiger partial charge in [-0.05, 0) is 35.4 Å². The number of aromatic amines is 1. The predicted octanol–water partition coefficient (Wildman–Crippen LogP) is 3.67. The number of H-pyrrole nitrogens is 1. The van der Waals surface area contributed by atoms with E-state index < -0.39 is 6.10 Å². The summed E-state index contributed by atoms with van der Waals surface area (Å²) in [6.07, 6.45) is -0.690. The summed E-state index contributed by atoms with van der Waals surface area (Å²) < 4.78 is 18.7. The van der Waals surface area contributed by atoms with Gasteiger partial charge >= 0.3 is 0 Å². The summed E-state index contributed by atoms with van der Waals surface area (Å²) in [5, 5.41) is 11.2. The number of nitrogens with one attached hydrogen (secondary N) is 1. The standard InChI is InChI=1S/C18H15BrFNO3/c19-9-15(22)13-5-7-16(18-14(13)6-8-17(23)21-18)24-10-11-1-3-12(20)4-2-11/h1-8,15,22H,9-10H2,(H,21,23)/t15-/m0/s1. The van der Waals surface area contributed by atoms with E-state index in [4.69, 9.17) is 4.74 Å². The van der Waals surface area contributed by atoms with Gasteiger partial charge in [-0.15, -0.1) is 0 Å². The maximum Gasteiger partial charge on any atom is 0.248 e. The summed E-state index contributed by atoms with van der Waals surface area (Å²) in [5.74, 6) is 0.194. The highest BCUT2D eigenvalue weighted by Crippen LogP contribution is 2.30. The van der Waals surface area contributed by atoms with Crippen LogP contribution in [-0.2, 0) is 6.61 Å². The van der Waals surface area contributed by atoms with Crippen LogP contribution in [0.4, 0.5) is 4.39 Å². The number of aliphatic hydroxyl groups excluding tert-OH is 1. The van der Waals surface area contributed by atoms with Crippen molar-refractivity contribution >= 4 is 26.8 Å². The largest absolute Gasteiger partial charge is 0.487 e. The smallest absolute Gasteiger partial charge is 0.248 e. The number of hydrogen-bond donors (Lipinski definition) is 2. The highest BCUT2D eigenvalue weighted by molar-refractivity contribution is 9.09. The summed E-state index contributed by atoms with van der Waals surface area (Å²) >= 11 is 3.25. The Morgan fingerprint density at radius 1 is 1.12 bits per heavy atom. The minimum absolute atomic E-state index is 0.243. The molecule has 0 spiro atoms. The summed E-state index contributed by atoms with van der Waals surface area (Å²) in [7, 11) is 0. The number of rotatable bonds is 5. The Morgan fingerprint density at radius 2 is 1.88 bits per heavy atom. The third-order valence-corrected chi connectivity index (χ3v) is 4.32. The minimum Gasteiger partial charge on any atom is -0.487 e. The first-order valence-corrected chi connectivity index (χ1v) is 8.48. The van der Waals surface area contributed by atoms with Gasteiger partial charge in [0.05, 0.1) is 11.6 Å². The molecule has 0 saturated heterocycles. The van der Waals surface area contributed by atoms with Crippen molar-refractivity contribution in [2.24, 2.45) is 0 Å². The first-order valence-electron chi connectivity index (χ1n) is 7.35. The van der Waals surface area contributed by atoms with Gasteiger partial charge in [0, 0.05) is 16.8 Å². The normalized spacial score (nSPS) is 12.3. The molecule has 2 N–H and O–H groups in total. The second-order valence-electron chi connectivity index (χ2n) is 5.35. The summed E-state index contributed by atoms with van der Waals surface area (Å²) in [6, 6.07) is 12.6. The van der Waals surface area contributed by atoms with Gasteiger partial charge in [-0.1, -0.05) is 34.1 Å². The number of pyridine rings is 1. The van der Waals surface area contributed by atoms with Crippen LogP contribution in [0.3, 0.4) is 0 Å². The highest BCUT2D eigenvalue weighted by Gasteiger charge is 2.14. The molecule has 2 aromatic carbocycles. The average molecular weight is 392 g/mol. The number of benzene rings is 2. The maximum absolute atomic E-state index is 12.9. The first-order chi connectivity index (χ1) is 11.6. The number of aromatic nitrogens is 1. The van der Waals surface area contributed by atoms with Crippen LogP contribution in [0.25, 0.3) is 10.9 Å². The van der Waals surface area contributed by atoms with Crippen LogP contribution < -0.4 is 10.3 Å². The average Bonchev–Trinajstić information content (AvgIpc) is 2.60. The molecule has 24 heavy (non-hydrogen) atoms. The van der Waals surface area contributed by atoms with E-state index in [1.807, 2.05) is 0 Å². The van der Waals surface area contributed by atoms with Crippen molar-refractivity contribution in [2.75, 3.05) is 5.33 Å². The van der Waals surface area contributed by atoms with Gasteiger partial charge in [0.2, 0.25) is 5.56 Å². The van der Waals surface area contributed by atoms with Crippen molar-refractivity contribution in [3.05, 3.63) is 75.8 Å². The van der Waals surface area contributed by atoms with Gasteiger partial charge in [-0.25, -0.2) is 4.39 Å². The third kappa shape index (κ3) is 3.49. The van der Waals surface area contributed by atoms with Gasteiger partial charge in [-0.3, -0.25) is 4.79 Å². The lowest BCUT2D eigenvalue weighted by Crippen LogP contribution is -2.07. The van der Waals surface area contributed by atoms with E-state index in [2.05, 4.69) is 20.9 Å². The minimum atomic E-state index is -0.690. The monoisotopic (exact) mass is 391 g/mol. The molecular weight excluding hydrogens is 377 g/mol. The first kappa shape index (κ1) is 16.7. The molecule has 0 amide bonds. The molecule has 1 aromatic heterocycles. The van der Waals surface area contributed by atoms with E-state index in [1.165, 1.54) is 18.2 Å². The maximum atomic E-state index is 12.9. The molecule has 124 valence electrons. The van der Waals surface area contributed by atoms with Crippen LogP contribution in [0.1, 0.15) is 17.2 Å². The van der Waals surface area contributed by atoms with Crippen molar-refractivity contribution in [1.82, 2.24) is 4.98 Å². The van der Waals surface area contributed by atoms with E-state index in [-0.39, 0.29) is 18.0 Å². The van der Waals surface area contributed by atoms with Gasteiger partial charge in [-0.2, -0.15) is 0 Å². The van der Waals surface area contributed by atoms with Crippen LogP contribution in [0.2, 0.25) is 0 Å². The van der Waals surface area contributed by atoms with Crippen molar-refractivity contribution < 1.29 is 14.2 Å². The molecule has 0 radical (unpaired) electrons. The third-order valence-electron chi connectivity index (χ3n) is 3.70. The van der Waals surface area contributed by atoms with Crippen molar-refractivity contribution in [1.29, 1.82) is 0 Å². The lowest BCUT2D eigenvalue weighted by atomic mass is 10.0. The second kappa shape index (κ2) is 7.15. The molecule has 0 unspecified atom stereocenters. The summed E-state index contributed by atoms with van der Waals surface area (Å²) in [4.78, 5) is 14.4. The molecule has 1 atom stereocenters. The molecule has 0 aliphatic heterocycles. The van der Waals surface area contributed by atoms with E-state index in [0.717, 1.165) is 10.9 Å². The van der Waals surface area contributed by atoms with Gasteiger partial charge in [0.1, 0.15) is 18.2 Å². The SMILES string of the molecule is O=c1ccc2c([C@@H](O)CBr)ccc(OCc3ccc(F)cc3)c2[nH]1. The molecule has 0 aliphatic carbocycles. The fourth-order valence-corrected chi connectivity index (χ4v) is 2.83. The fraction of sp³-hybridized carbons (Fsp3) is 0.167. The van der Waals surface area contributed by atoms with Crippen molar-refractivity contribution in [3.63, 3.8) is 0 Å². The quantitative estimate of drug-likeness (QED) is 0.652. The van der Waals surface area contributed by atoms with Gasteiger partial charge in [0.15, 0.2) is 0 Å². The molecule has 4 nitrogen and oxygen atoms in total. The van der Waals surface area contributed by atoms with Gasteiger partial charge in [0.25, 0.3) is 0 Å². The van der Waals surface area contributed by atoms with Crippen LogP contribution in [-0.4, -0.2) is 15.4 Å². The van der Waals surface area contributed by atoms with E-state index in [9.17, 15) is 14.3 Å². The van der Waals surface area contributed by atoms with Crippen LogP contribution in [0.15, 0.2) is 53.3 Å². The zero-order valence-corrected chi connectivity index (χ0v) is 14.2. The lowest BCUT2D eigenvalue weighted by molar-refractivity contribution is 0.207. The fourth-order valence-electron chi connectivity index (χ4n) is 2.48. The topological polar surface area (TPSA) is 62.3 Å². The Bertz CT molecular complexity index is 908. The zero-order chi connectivity index (χ0) is 17.1. The van der Waals surface area contributed by atoms with E-state index in [1.54, 1.807) is 30.3 Å². The molecule has 0 saturated carbocycles. The van der Waals surface area contributed by atoms with Gasteiger partial charge < -0.3 is 14.8 Å². The predicted molar refractivity (Wildman–Crippen MR) is 94.1 cm³/mol. The number of halogens is 2. The van der Waals surface area contributed by atoms with Crippen molar-refractivity contribution in [2.45, 2.75) is 12.7 Å². The molecule has 3 rings (SSSR count). The summed E-state index contributed by atoms with van der Waals surface area (Å²) in [5.41, 5.74) is 1.79. The Balaban J connectivity index is 1.97. The Morgan fingerprint density at radius 3 is 2.58 bits per heavy atom. The molecule has 3 aromatic rings. The number of ether oxygens (including phenoxy) is 1. The number of fused-ring (bicyclic) bond motifs is 1. The number of alkyl halides is 1. The highest BCUT2D eigenvalue weighted by atomic mass is 79.9. The van der Waals surface area contributed by atoms with Crippen LogP contribution in [0.5, 0.6) is 5.75 Å². The number of hydrogen-bond acceptors (Lipinski definition) is 3. The number of aliphatic hydroxyl groups is 1. The second-order valence-corrected chi connectivity index (χ2v) is 6.00. The molecule has 0 aliphatic rings. The van der Waals surface area contributed by atoms with Crippen LogP contribution >= 0.6 is 15.9 Å². The Kier molecular flexibility index (Phi) is 4.97. The van der Waals surface area contributed by atoms with Crippen molar-refractivity contribution in [3.8, 4) is 5.75 Å². The van der Waals surface area contributed by atoms with E-state index in [0.29, 0.717) is 22.2 Å². The Hall–Kier alpha value is -2.18. The molecule has 6 heteroatoms. The lowest BCUT2D eigenvalue weighted by Gasteiger charge is -2.14. The molecule has 1 heterocycles. The van der Waals surface area contributed by atoms with E-state index >= 15 is 0 Å². The van der Waals surface area contributed by atoms with Crippen LogP contribution in [0, 0.1) is 5.82 Å². The molecule has 0 fully saturated rings. The molecular formula is C18H15BrFNO3. The summed E-state index contributed by atoms with van der Waals surface area (Å²) in [6.45, 7) is 0.243. The Labute approximate surface area is 146 Å². The zero-order valence-electron chi connectivity index (χ0n) is 12.6. The molecule has 0 bridgehead atoms.